The van der Waals surface area contributed by atoms with Gasteiger partial charge in [0.25, 0.3) is 0 Å². The minimum atomic E-state index is -3.61. The van der Waals surface area contributed by atoms with E-state index in [0.29, 0.717) is 43.5 Å². The normalized spacial score (nSPS) is 19.9. The van der Waals surface area contributed by atoms with Gasteiger partial charge < -0.3 is 10.2 Å². The fraction of sp³-hybridized carbons (Fsp3) is 0.458. The summed E-state index contributed by atoms with van der Waals surface area (Å²) in [5, 5.41) is 12.5. The predicted molar refractivity (Wildman–Crippen MR) is 127 cm³/mol. The number of benzene rings is 1. The van der Waals surface area contributed by atoms with Crippen molar-refractivity contribution in [2.75, 3.05) is 29.9 Å². The van der Waals surface area contributed by atoms with E-state index in [1.807, 2.05) is 12.3 Å². The molecule has 0 spiro atoms. The summed E-state index contributed by atoms with van der Waals surface area (Å²) in [6, 6.07) is 8.86. The van der Waals surface area contributed by atoms with Gasteiger partial charge in [-0.25, -0.2) is 13.4 Å². The Balaban J connectivity index is 1.25. The van der Waals surface area contributed by atoms with Crippen LogP contribution in [0.2, 0.25) is 0 Å². The van der Waals surface area contributed by atoms with Crippen LogP contribution in [0.4, 0.5) is 11.8 Å². The molecule has 0 unspecified atom stereocenters. The van der Waals surface area contributed by atoms with Crippen LogP contribution in [0, 0.1) is 11.3 Å². The molecule has 1 N–H and O–H groups in total. The highest BCUT2D eigenvalue weighted by Gasteiger charge is 2.31. The van der Waals surface area contributed by atoms with Gasteiger partial charge in [0.05, 0.1) is 16.5 Å². The van der Waals surface area contributed by atoms with Crippen molar-refractivity contribution < 1.29 is 8.42 Å². The lowest BCUT2D eigenvalue weighted by atomic mass is 10.1. The smallest absolute Gasteiger partial charge is 0.243 e. The number of piperidine rings is 1. The lowest BCUT2D eigenvalue weighted by molar-refractivity contribution is 0.329. The second kappa shape index (κ2) is 9.12. The van der Waals surface area contributed by atoms with E-state index in [-0.39, 0.29) is 10.9 Å². The highest BCUT2D eigenvalue weighted by atomic mass is 32.2. The summed E-state index contributed by atoms with van der Waals surface area (Å²) in [6.07, 6.45) is 12.5. The summed E-state index contributed by atoms with van der Waals surface area (Å²) in [7, 11) is -3.61. The van der Waals surface area contributed by atoms with Crippen LogP contribution in [0.1, 0.15) is 49.7 Å². The third-order valence-corrected chi connectivity index (χ3v) is 8.72. The van der Waals surface area contributed by atoms with Crippen LogP contribution in [0.5, 0.6) is 0 Å². The first-order chi connectivity index (χ1) is 16.0. The zero-order chi connectivity index (χ0) is 22.8. The first kappa shape index (κ1) is 21.9. The molecule has 0 bridgehead atoms. The highest BCUT2D eigenvalue weighted by molar-refractivity contribution is 7.89. The van der Waals surface area contributed by atoms with E-state index < -0.39 is 10.0 Å². The Labute approximate surface area is 195 Å². The quantitative estimate of drug-likeness (QED) is 0.723. The lowest BCUT2D eigenvalue weighted by Gasteiger charge is -2.33. The molecular weight excluding hydrogens is 436 g/mol. The van der Waals surface area contributed by atoms with Crippen LogP contribution < -0.4 is 10.2 Å². The van der Waals surface area contributed by atoms with Gasteiger partial charge in [-0.15, -0.1) is 0 Å². The van der Waals surface area contributed by atoms with Crippen molar-refractivity contribution in [3.05, 3.63) is 47.7 Å². The molecule has 1 aromatic heterocycles. The SMILES string of the molecule is N#Cc1cccc(S(=O)(=O)N2CCC(Nc3ncc4c(n3)N(C3CCCC3)CC=C4)CC2)c1. The second-order valence-electron chi connectivity index (χ2n) is 8.93. The van der Waals surface area contributed by atoms with Crippen LogP contribution in [0.25, 0.3) is 6.08 Å². The van der Waals surface area contributed by atoms with Crippen molar-refractivity contribution in [1.82, 2.24) is 14.3 Å². The molecule has 9 heteroatoms. The third kappa shape index (κ3) is 4.45. The molecule has 1 saturated carbocycles. The number of nitrogens with zero attached hydrogens (tertiary/aromatic N) is 5. The lowest BCUT2D eigenvalue weighted by Crippen LogP contribution is -2.42. The Morgan fingerprint density at radius 2 is 1.91 bits per heavy atom. The number of aromatic nitrogens is 2. The molecule has 3 aliphatic rings. The molecule has 5 rings (SSSR count). The summed E-state index contributed by atoms with van der Waals surface area (Å²) in [5.74, 6) is 1.61. The number of nitrogens with one attached hydrogen (secondary N) is 1. The van der Waals surface area contributed by atoms with Gasteiger partial charge in [-0.2, -0.15) is 14.6 Å². The fourth-order valence-electron chi connectivity index (χ4n) is 5.02. The first-order valence-electron chi connectivity index (χ1n) is 11.6. The molecule has 2 aromatic rings. The topological polar surface area (TPSA) is 102 Å². The third-order valence-electron chi connectivity index (χ3n) is 6.82. The molecule has 0 atom stereocenters. The van der Waals surface area contributed by atoms with Crippen molar-refractivity contribution >= 4 is 27.9 Å². The first-order valence-corrected chi connectivity index (χ1v) is 13.1. The Kier molecular flexibility index (Phi) is 6.04. The summed E-state index contributed by atoms with van der Waals surface area (Å²) < 4.78 is 27.5. The van der Waals surface area contributed by atoms with E-state index in [1.54, 1.807) is 18.2 Å². The Morgan fingerprint density at radius 1 is 1.12 bits per heavy atom. The van der Waals surface area contributed by atoms with E-state index in [9.17, 15) is 8.42 Å². The van der Waals surface area contributed by atoms with Gasteiger partial charge in [0.1, 0.15) is 5.82 Å². The molecule has 2 fully saturated rings. The number of hydrogen-bond donors (Lipinski definition) is 1. The van der Waals surface area contributed by atoms with Gasteiger partial charge in [-0.05, 0) is 43.9 Å². The maximum absolute atomic E-state index is 13.0. The molecule has 8 nitrogen and oxygen atoms in total. The van der Waals surface area contributed by atoms with Crippen LogP contribution in [-0.4, -0.2) is 54.4 Å². The van der Waals surface area contributed by atoms with Gasteiger partial charge in [0, 0.05) is 43.5 Å². The molecular formula is C24H28N6O2S. The number of nitriles is 1. The largest absolute Gasteiger partial charge is 0.351 e. The summed E-state index contributed by atoms with van der Waals surface area (Å²) in [5.41, 5.74) is 1.40. The Bertz CT molecular complexity index is 1190. The van der Waals surface area contributed by atoms with Crippen LogP contribution >= 0.6 is 0 Å². The highest BCUT2D eigenvalue weighted by Crippen LogP contribution is 2.32. The van der Waals surface area contributed by atoms with E-state index in [1.165, 1.54) is 36.1 Å². The molecule has 1 saturated heterocycles. The van der Waals surface area contributed by atoms with Crippen molar-refractivity contribution in [3.8, 4) is 6.07 Å². The van der Waals surface area contributed by atoms with E-state index in [4.69, 9.17) is 10.2 Å². The van der Waals surface area contributed by atoms with Gasteiger partial charge in [-0.3, -0.25) is 0 Å². The number of rotatable bonds is 5. The van der Waals surface area contributed by atoms with Crippen molar-refractivity contribution in [2.45, 2.75) is 55.5 Å². The summed E-state index contributed by atoms with van der Waals surface area (Å²) in [6.45, 7) is 1.72. The van der Waals surface area contributed by atoms with E-state index >= 15 is 0 Å². The van der Waals surface area contributed by atoms with Gasteiger partial charge >= 0.3 is 0 Å². The van der Waals surface area contributed by atoms with E-state index in [0.717, 1.165) is 17.9 Å². The average Bonchev–Trinajstić information content (AvgIpc) is 3.39. The zero-order valence-corrected chi connectivity index (χ0v) is 19.3. The maximum atomic E-state index is 13.0. The minimum Gasteiger partial charge on any atom is -0.351 e. The van der Waals surface area contributed by atoms with Crippen molar-refractivity contribution in [3.63, 3.8) is 0 Å². The molecule has 33 heavy (non-hydrogen) atoms. The number of fused-ring (bicyclic) bond motifs is 1. The molecule has 0 amide bonds. The summed E-state index contributed by atoms with van der Waals surface area (Å²) >= 11 is 0. The number of anilines is 2. The van der Waals surface area contributed by atoms with Crippen LogP contribution in [0.3, 0.4) is 0 Å². The van der Waals surface area contributed by atoms with Crippen molar-refractivity contribution in [2.24, 2.45) is 0 Å². The molecule has 1 aromatic carbocycles. The predicted octanol–water partition coefficient (Wildman–Crippen LogP) is 3.39. The molecule has 0 radical (unpaired) electrons. The Morgan fingerprint density at radius 3 is 2.67 bits per heavy atom. The Hall–Kier alpha value is -2.96. The second-order valence-corrected chi connectivity index (χ2v) is 10.9. The molecule has 2 aliphatic heterocycles. The average molecular weight is 465 g/mol. The molecule has 1 aliphatic carbocycles. The maximum Gasteiger partial charge on any atom is 0.243 e. The van der Waals surface area contributed by atoms with Crippen molar-refractivity contribution in [1.29, 1.82) is 5.26 Å². The molecule has 172 valence electrons. The summed E-state index contributed by atoms with van der Waals surface area (Å²) in [4.78, 5) is 12.0. The van der Waals surface area contributed by atoms with Gasteiger partial charge in [0.2, 0.25) is 16.0 Å². The fourth-order valence-corrected chi connectivity index (χ4v) is 6.53. The van der Waals surface area contributed by atoms with Crippen LogP contribution in [-0.2, 0) is 10.0 Å². The standard InChI is InChI=1S/C24H28N6O2S/c25-16-18-5-3-9-22(15-18)33(31,32)29-13-10-20(11-14-29)27-24-26-17-19-6-4-12-30(23(19)28-24)21-7-1-2-8-21/h3-6,9,15,17,20-21H,1-2,7-8,10-14H2,(H,26,27,28). The zero-order valence-electron chi connectivity index (χ0n) is 18.5. The minimum absolute atomic E-state index is 0.110. The van der Waals surface area contributed by atoms with Gasteiger partial charge in [0.15, 0.2) is 0 Å². The van der Waals surface area contributed by atoms with Crippen LogP contribution in [0.15, 0.2) is 41.4 Å². The number of hydrogen-bond acceptors (Lipinski definition) is 7. The number of sulfonamides is 1. The monoisotopic (exact) mass is 464 g/mol. The van der Waals surface area contributed by atoms with E-state index in [2.05, 4.69) is 27.4 Å². The van der Waals surface area contributed by atoms with Gasteiger partial charge in [-0.1, -0.05) is 31.1 Å². The molecule has 3 heterocycles.